The molecule has 2 aromatic rings. The van der Waals surface area contributed by atoms with Crippen LogP contribution in [-0.2, 0) is 0 Å². The van der Waals surface area contributed by atoms with Crippen LogP contribution in [0.2, 0.25) is 0 Å². The van der Waals surface area contributed by atoms with Crippen LogP contribution in [0.25, 0.3) is 0 Å². The fourth-order valence-corrected chi connectivity index (χ4v) is 3.07. The zero-order chi connectivity index (χ0) is 12.4. The molecule has 0 spiro atoms. The van der Waals surface area contributed by atoms with E-state index in [0.717, 1.165) is 22.9 Å². The van der Waals surface area contributed by atoms with Gasteiger partial charge in [0.05, 0.1) is 17.9 Å². The topological polar surface area (TPSA) is 82.5 Å². The van der Waals surface area contributed by atoms with Gasteiger partial charge in [-0.05, 0) is 41.1 Å². The van der Waals surface area contributed by atoms with E-state index < -0.39 is 0 Å². The van der Waals surface area contributed by atoms with E-state index >= 15 is 0 Å². The monoisotopic (exact) mass is 262 g/mol. The number of tetrazole rings is 1. The molecule has 3 rings (SSSR count). The van der Waals surface area contributed by atoms with E-state index in [-0.39, 0.29) is 0 Å². The number of pyridine rings is 1. The molecule has 0 aliphatic heterocycles. The van der Waals surface area contributed by atoms with Gasteiger partial charge >= 0.3 is 0 Å². The van der Waals surface area contributed by atoms with Gasteiger partial charge in [0.1, 0.15) is 0 Å². The lowest BCUT2D eigenvalue weighted by Crippen LogP contribution is -2.08. The zero-order valence-corrected chi connectivity index (χ0v) is 10.7. The largest absolute Gasteiger partial charge is 0.397 e. The van der Waals surface area contributed by atoms with E-state index in [0.29, 0.717) is 11.7 Å². The van der Waals surface area contributed by atoms with Gasteiger partial charge in [-0.25, -0.2) is 4.68 Å². The fourth-order valence-electron chi connectivity index (χ4n) is 2.22. The Morgan fingerprint density at radius 2 is 2.17 bits per heavy atom. The van der Waals surface area contributed by atoms with Gasteiger partial charge in [0, 0.05) is 11.1 Å². The van der Waals surface area contributed by atoms with Crippen molar-refractivity contribution in [1.82, 2.24) is 25.2 Å². The molecule has 1 aliphatic rings. The summed E-state index contributed by atoms with van der Waals surface area (Å²) in [7, 11) is 0. The number of anilines is 1. The Morgan fingerprint density at radius 1 is 1.33 bits per heavy atom. The summed E-state index contributed by atoms with van der Waals surface area (Å²) in [5, 5.41) is 12.8. The van der Waals surface area contributed by atoms with E-state index in [2.05, 4.69) is 20.5 Å². The van der Waals surface area contributed by atoms with Crippen LogP contribution in [0.4, 0.5) is 5.69 Å². The van der Waals surface area contributed by atoms with Crippen LogP contribution in [0.5, 0.6) is 0 Å². The number of nitrogen functional groups attached to an aromatic ring is 1. The van der Waals surface area contributed by atoms with Crippen molar-refractivity contribution in [2.24, 2.45) is 0 Å². The highest BCUT2D eigenvalue weighted by Crippen LogP contribution is 2.35. The lowest BCUT2D eigenvalue weighted by Gasteiger charge is -2.11. The molecule has 18 heavy (non-hydrogen) atoms. The molecule has 2 N–H and O–H groups in total. The molecule has 6 nitrogen and oxygen atoms in total. The highest BCUT2D eigenvalue weighted by atomic mass is 32.2. The van der Waals surface area contributed by atoms with Crippen molar-refractivity contribution >= 4 is 17.4 Å². The summed E-state index contributed by atoms with van der Waals surface area (Å²) in [6, 6.07) is 2.32. The third-order valence-electron chi connectivity index (χ3n) is 3.14. The standard InChI is InChI=1S/C11H14N6S/c12-9-7-13-6-5-10(9)18-11-14-15-16-17(11)8-3-1-2-4-8/h5-8H,1-4,12H2. The normalized spacial score (nSPS) is 16.2. The first-order valence-corrected chi connectivity index (χ1v) is 6.81. The zero-order valence-electron chi connectivity index (χ0n) is 9.86. The maximum Gasteiger partial charge on any atom is 0.214 e. The number of aromatic nitrogens is 5. The SMILES string of the molecule is Nc1cnccc1Sc1nnnn1C1CCCC1. The third-order valence-corrected chi connectivity index (χ3v) is 4.19. The summed E-state index contributed by atoms with van der Waals surface area (Å²) in [5.41, 5.74) is 6.54. The predicted molar refractivity (Wildman–Crippen MR) is 68.1 cm³/mol. The molecule has 2 aromatic heterocycles. The van der Waals surface area contributed by atoms with Gasteiger partial charge in [-0.15, -0.1) is 5.10 Å². The first-order valence-electron chi connectivity index (χ1n) is 6.00. The van der Waals surface area contributed by atoms with Gasteiger partial charge in [-0.2, -0.15) is 0 Å². The van der Waals surface area contributed by atoms with Crippen LogP contribution in [0, 0.1) is 0 Å². The highest BCUT2D eigenvalue weighted by molar-refractivity contribution is 7.99. The van der Waals surface area contributed by atoms with Crippen molar-refractivity contribution < 1.29 is 0 Å². The fraction of sp³-hybridized carbons (Fsp3) is 0.455. The molecule has 1 fully saturated rings. The Labute approximate surface area is 109 Å². The molecule has 0 radical (unpaired) electrons. The molecule has 0 unspecified atom stereocenters. The van der Waals surface area contributed by atoms with Gasteiger partial charge < -0.3 is 5.73 Å². The molecule has 0 atom stereocenters. The van der Waals surface area contributed by atoms with Crippen molar-refractivity contribution in [2.75, 3.05) is 5.73 Å². The van der Waals surface area contributed by atoms with Crippen molar-refractivity contribution in [3.63, 3.8) is 0 Å². The molecule has 0 bridgehead atoms. The summed E-state index contributed by atoms with van der Waals surface area (Å²) in [4.78, 5) is 4.92. The molecular weight excluding hydrogens is 248 g/mol. The van der Waals surface area contributed by atoms with Gasteiger partial charge in [-0.1, -0.05) is 12.8 Å². The van der Waals surface area contributed by atoms with Gasteiger partial charge in [-0.3, -0.25) is 4.98 Å². The number of hydrogen-bond acceptors (Lipinski definition) is 6. The van der Waals surface area contributed by atoms with Gasteiger partial charge in [0.15, 0.2) is 0 Å². The second-order valence-electron chi connectivity index (χ2n) is 4.36. The molecule has 7 heteroatoms. The summed E-state index contributed by atoms with van der Waals surface area (Å²) in [5.74, 6) is 0. The summed E-state index contributed by atoms with van der Waals surface area (Å²) >= 11 is 1.50. The number of nitrogens with two attached hydrogens (primary N) is 1. The molecule has 0 amide bonds. The first-order chi connectivity index (χ1) is 8.84. The maximum atomic E-state index is 5.88. The molecule has 2 heterocycles. The van der Waals surface area contributed by atoms with E-state index in [1.54, 1.807) is 12.4 Å². The lowest BCUT2D eigenvalue weighted by atomic mass is 10.3. The van der Waals surface area contributed by atoms with Crippen LogP contribution in [0.1, 0.15) is 31.7 Å². The van der Waals surface area contributed by atoms with Crippen LogP contribution in [0.15, 0.2) is 28.5 Å². The smallest absolute Gasteiger partial charge is 0.214 e. The highest BCUT2D eigenvalue weighted by Gasteiger charge is 2.22. The lowest BCUT2D eigenvalue weighted by molar-refractivity contribution is 0.423. The van der Waals surface area contributed by atoms with E-state index in [1.807, 2.05) is 10.7 Å². The Bertz CT molecular complexity index is 534. The van der Waals surface area contributed by atoms with Crippen LogP contribution in [-0.4, -0.2) is 25.2 Å². The Hall–Kier alpha value is -1.63. The Balaban J connectivity index is 1.85. The minimum absolute atomic E-state index is 0.436. The minimum Gasteiger partial charge on any atom is -0.397 e. The predicted octanol–water partition coefficient (Wildman–Crippen LogP) is 1.92. The number of nitrogens with zero attached hydrogens (tertiary/aromatic N) is 5. The second-order valence-corrected chi connectivity index (χ2v) is 5.37. The van der Waals surface area contributed by atoms with Crippen molar-refractivity contribution in [1.29, 1.82) is 0 Å². The molecule has 94 valence electrons. The van der Waals surface area contributed by atoms with E-state index in [9.17, 15) is 0 Å². The maximum absolute atomic E-state index is 5.88. The number of hydrogen-bond donors (Lipinski definition) is 1. The minimum atomic E-state index is 0.436. The summed E-state index contributed by atoms with van der Waals surface area (Å²) in [6.45, 7) is 0. The third kappa shape index (κ3) is 2.17. The molecule has 1 saturated carbocycles. The molecule has 0 saturated heterocycles. The van der Waals surface area contributed by atoms with Crippen molar-refractivity contribution in [2.45, 2.75) is 41.8 Å². The summed E-state index contributed by atoms with van der Waals surface area (Å²) in [6.07, 6.45) is 8.20. The van der Waals surface area contributed by atoms with Crippen LogP contribution >= 0.6 is 11.8 Å². The average Bonchev–Trinajstić information content (AvgIpc) is 3.02. The van der Waals surface area contributed by atoms with Crippen LogP contribution < -0.4 is 5.73 Å². The van der Waals surface area contributed by atoms with E-state index in [1.165, 1.54) is 24.6 Å². The van der Waals surface area contributed by atoms with Crippen molar-refractivity contribution in [3.05, 3.63) is 18.5 Å². The molecular formula is C11H14N6S. The molecule has 0 aromatic carbocycles. The summed E-state index contributed by atoms with van der Waals surface area (Å²) < 4.78 is 1.93. The average molecular weight is 262 g/mol. The van der Waals surface area contributed by atoms with E-state index in [4.69, 9.17) is 5.73 Å². The molecule has 1 aliphatic carbocycles. The van der Waals surface area contributed by atoms with Crippen molar-refractivity contribution in [3.8, 4) is 0 Å². The number of rotatable bonds is 3. The second kappa shape index (κ2) is 4.93. The van der Waals surface area contributed by atoms with Gasteiger partial charge in [0.2, 0.25) is 5.16 Å². The van der Waals surface area contributed by atoms with Gasteiger partial charge in [0.25, 0.3) is 0 Å². The Kier molecular flexibility index (Phi) is 3.14. The first kappa shape index (κ1) is 11.5. The Morgan fingerprint density at radius 3 is 2.94 bits per heavy atom. The quantitative estimate of drug-likeness (QED) is 0.910. The van der Waals surface area contributed by atoms with Crippen LogP contribution in [0.3, 0.4) is 0 Å².